The maximum Gasteiger partial charge on any atom is 0.0979 e. The Morgan fingerprint density at radius 3 is 1.59 bits per heavy atom. The maximum absolute atomic E-state index is 13.5. The molecule has 0 bridgehead atoms. The third kappa shape index (κ3) is 6.45. The van der Waals surface area contributed by atoms with E-state index in [0.29, 0.717) is 0 Å². The second-order valence-electron chi connectivity index (χ2n) is 10.5. The smallest absolute Gasteiger partial charge is 0.0979 e. The van der Waals surface area contributed by atoms with Crippen molar-refractivity contribution in [3.63, 3.8) is 0 Å². The van der Waals surface area contributed by atoms with E-state index in [9.17, 15) is 4.21 Å². The molecule has 4 heteroatoms. The summed E-state index contributed by atoms with van der Waals surface area (Å²) in [5.74, 6) is 0. The summed E-state index contributed by atoms with van der Waals surface area (Å²) in [5.41, 5.74) is 4.60. The molecule has 0 aliphatic rings. The van der Waals surface area contributed by atoms with Crippen LogP contribution in [0.25, 0.3) is 11.1 Å². The van der Waals surface area contributed by atoms with Crippen LogP contribution in [0.3, 0.4) is 0 Å². The topological polar surface area (TPSA) is 29.1 Å². The molecule has 1 unspecified atom stereocenters. The van der Waals surface area contributed by atoms with Crippen LogP contribution in [0, 0.1) is 0 Å². The lowest BCUT2D eigenvalue weighted by atomic mass is 9.97. The van der Waals surface area contributed by atoms with Gasteiger partial charge in [0.05, 0.1) is 21.8 Å². The Hall–Kier alpha value is -3.36. The summed E-state index contributed by atoms with van der Waals surface area (Å²) in [4.78, 5) is 0. The molecule has 39 heavy (non-hydrogen) atoms. The largest absolute Gasteiger partial charge is 0.242 e. The summed E-state index contributed by atoms with van der Waals surface area (Å²) >= 11 is 0. The van der Waals surface area contributed by atoms with Crippen molar-refractivity contribution < 1.29 is 4.21 Å². The zero-order chi connectivity index (χ0) is 27.2. The molecule has 2 nitrogen and oxygen atoms in total. The molecule has 2 atom stereocenters. The Morgan fingerprint density at radius 1 is 0.590 bits per heavy atom. The fourth-order valence-electron chi connectivity index (χ4n) is 4.61. The van der Waals surface area contributed by atoms with Gasteiger partial charge in [-0.25, -0.2) is 8.93 Å². The number of benzene rings is 5. The fourth-order valence-corrected chi connectivity index (χ4v) is 7.93. The number of rotatable bonds is 8. The lowest BCUT2D eigenvalue weighted by molar-refractivity contribution is 0.624. The molecule has 0 saturated heterocycles. The highest BCUT2D eigenvalue weighted by molar-refractivity contribution is 7.84. The fraction of sp³-hybridized carbons (Fsp3) is 0.143. The second kappa shape index (κ2) is 12.2. The average molecular weight is 548 g/mol. The van der Waals surface area contributed by atoms with Crippen LogP contribution in [0.5, 0.6) is 0 Å². The van der Waals surface area contributed by atoms with Gasteiger partial charge in [0.1, 0.15) is 0 Å². The SMILES string of the molecule is CC(C)(C)S(=O)N[C@@H](c1ccc(-c2ccccc2)cc1)c1ccccc1P(c1ccccc1)c1ccccc1. The minimum absolute atomic E-state index is 0.233. The molecule has 5 rings (SSSR count). The van der Waals surface area contributed by atoms with E-state index in [1.54, 1.807) is 0 Å². The predicted molar refractivity (Wildman–Crippen MR) is 170 cm³/mol. The minimum atomic E-state index is -1.26. The van der Waals surface area contributed by atoms with Gasteiger partial charge in [-0.05, 0) is 66.9 Å². The van der Waals surface area contributed by atoms with E-state index in [-0.39, 0.29) is 6.04 Å². The molecule has 0 radical (unpaired) electrons. The van der Waals surface area contributed by atoms with Crippen LogP contribution in [0.4, 0.5) is 0 Å². The minimum Gasteiger partial charge on any atom is -0.242 e. The molecule has 0 amide bonds. The van der Waals surface area contributed by atoms with Crippen LogP contribution < -0.4 is 20.6 Å². The van der Waals surface area contributed by atoms with Gasteiger partial charge in [0.15, 0.2) is 0 Å². The first-order chi connectivity index (χ1) is 18.9. The Labute approximate surface area is 236 Å². The zero-order valence-electron chi connectivity index (χ0n) is 22.6. The highest BCUT2D eigenvalue weighted by Crippen LogP contribution is 2.37. The Kier molecular flexibility index (Phi) is 8.53. The zero-order valence-corrected chi connectivity index (χ0v) is 24.3. The first kappa shape index (κ1) is 27.2. The van der Waals surface area contributed by atoms with Crippen LogP contribution in [0.15, 0.2) is 140 Å². The van der Waals surface area contributed by atoms with Crippen molar-refractivity contribution >= 4 is 34.8 Å². The summed E-state index contributed by atoms with van der Waals surface area (Å²) < 4.78 is 16.7. The average Bonchev–Trinajstić information content (AvgIpc) is 2.97. The van der Waals surface area contributed by atoms with Crippen molar-refractivity contribution in [3.05, 3.63) is 151 Å². The van der Waals surface area contributed by atoms with Crippen molar-refractivity contribution in [2.45, 2.75) is 31.6 Å². The van der Waals surface area contributed by atoms with Crippen LogP contribution >= 0.6 is 7.92 Å². The van der Waals surface area contributed by atoms with Gasteiger partial charge in [0, 0.05) is 0 Å². The van der Waals surface area contributed by atoms with Crippen LogP contribution in [-0.2, 0) is 11.0 Å². The molecule has 0 aliphatic heterocycles. The van der Waals surface area contributed by atoms with Crippen molar-refractivity contribution in [1.29, 1.82) is 0 Å². The molecule has 1 N–H and O–H groups in total. The van der Waals surface area contributed by atoms with Gasteiger partial charge >= 0.3 is 0 Å². The quantitative estimate of drug-likeness (QED) is 0.204. The molecule has 0 saturated carbocycles. The number of nitrogens with one attached hydrogen (secondary N) is 1. The van der Waals surface area contributed by atoms with E-state index in [2.05, 4.69) is 138 Å². The highest BCUT2D eigenvalue weighted by Gasteiger charge is 2.28. The van der Waals surface area contributed by atoms with Gasteiger partial charge in [-0.2, -0.15) is 0 Å². The van der Waals surface area contributed by atoms with E-state index >= 15 is 0 Å². The third-order valence-electron chi connectivity index (χ3n) is 6.65. The summed E-state index contributed by atoms with van der Waals surface area (Å²) in [7, 11) is -2.09. The summed E-state index contributed by atoms with van der Waals surface area (Å²) in [6, 6.07) is 49.0. The van der Waals surface area contributed by atoms with Crippen molar-refractivity contribution in [2.24, 2.45) is 0 Å². The van der Waals surface area contributed by atoms with Gasteiger partial charge in [0.2, 0.25) is 0 Å². The molecule has 5 aromatic rings. The third-order valence-corrected chi connectivity index (χ3v) is 10.7. The van der Waals surface area contributed by atoms with Gasteiger partial charge in [-0.1, -0.05) is 140 Å². The summed E-state index contributed by atoms with van der Waals surface area (Å²) in [5, 5.41) is 3.85. The van der Waals surface area contributed by atoms with Gasteiger partial charge < -0.3 is 0 Å². The van der Waals surface area contributed by atoms with Crippen LogP contribution in [0.1, 0.15) is 37.9 Å². The second-order valence-corrected chi connectivity index (χ2v) is 14.7. The molecule has 0 heterocycles. The molecule has 0 aliphatic carbocycles. The van der Waals surface area contributed by atoms with E-state index in [1.807, 2.05) is 26.8 Å². The summed E-state index contributed by atoms with van der Waals surface area (Å²) in [6.45, 7) is 6.04. The highest BCUT2D eigenvalue weighted by atomic mass is 32.2. The Morgan fingerprint density at radius 2 is 1.05 bits per heavy atom. The molecular weight excluding hydrogens is 513 g/mol. The lowest BCUT2D eigenvalue weighted by Crippen LogP contribution is -2.38. The van der Waals surface area contributed by atoms with Gasteiger partial charge in [0.25, 0.3) is 0 Å². The molecule has 5 aromatic carbocycles. The Bertz CT molecular complexity index is 1480. The van der Waals surface area contributed by atoms with E-state index in [4.69, 9.17) is 0 Å². The molecule has 0 aromatic heterocycles. The first-order valence-electron chi connectivity index (χ1n) is 13.2. The first-order valence-corrected chi connectivity index (χ1v) is 15.7. The van der Waals surface area contributed by atoms with Crippen LogP contribution in [-0.4, -0.2) is 8.96 Å². The van der Waals surface area contributed by atoms with Crippen molar-refractivity contribution in [2.75, 3.05) is 0 Å². The monoisotopic (exact) mass is 547 g/mol. The Balaban J connectivity index is 1.64. The van der Waals surface area contributed by atoms with E-state index in [1.165, 1.54) is 27.0 Å². The molecule has 196 valence electrons. The van der Waals surface area contributed by atoms with E-state index in [0.717, 1.165) is 11.1 Å². The predicted octanol–water partition coefficient (Wildman–Crippen LogP) is 7.25. The van der Waals surface area contributed by atoms with Gasteiger partial charge in [-0.3, -0.25) is 0 Å². The lowest BCUT2D eigenvalue weighted by Gasteiger charge is -2.29. The molecular formula is C35H34NOPS. The number of hydrogen-bond donors (Lipinski definition) is 1. The van der Waals surface area contributed by atoms with Gasteiger partial charge in [-0.15, -0.1) is 0 Å². The molecule has 0 spiro atoms. The van der Waals surface area contributed by atoms with Crippen molar-refractivity contribution in [1.82, 2.24) is 4.72 Å². The standard InChI is InChI=1S/C35H34NOPS/c1-35(2,3)39(37)36-34(29-25-23-28(24-26-29)27-15-7-4-8-16-27)32-21-13-14-22-33(32)38(30-17-9-5-10-18-30)31-19-11-6-12-20-31/h4-26,34,36H,1-3H3/t34-,39?/m0/s1. The summed E-state index contributed by atoms with van der Waals surface area (Å²) in [6.07, 6.45) is 0. The normalized spacial score (nSPS) is 13.2. The maximum atomic E-state index is 13.5. The molecule has 0 fully saturated rings. The van der Waals surface area contributed by atoms with E-state index < -0.39 is 23.7 Å². The van der Waals surface area contributed by atoms with Crippen molar-refractivity contribution in [3.8, 4) is 11.1 Å². The number of hydrogen-bond acceptors (Lipinski definition) is 1. The van der Waals surface area contributed by atoms with Crippen LogP contribution in [0.2, 0.25) is 0 Å².